The monoisotopic (exact) mass is 296 g/mol. The van der Waals surface area contributed by atoms with E-state index in [-0.39, 0.29) is 23.9 Å². The van der Waals surface area contributed by atoms with E-state index in [1.54, 1.807) is 6.07 Å². The fourth-order valence-corrected chi connectivity index (χ4v) is 2.76. The molecule has 1 N–H and O–H groups in total. The van der Waals surface area contributed by atoms with E-state index < -0.39 is 17.8 Å². The average Bonchev–Trinajstić information content (AvgIpc) is 2.77. The van der Waals surface area contributed by atoms with Gasteiger partial charge in [0, 0.05) is 19.1 Å². The normalized spacial score (nSPS) is 21.9. The third kappa shape index (κ3) is 3.33. The highest BCUT2D eigenvalue weighted by Crippen LogP contribution is 2.27. The van der Waals surface area contributed by atoms with E-state index in [0.717, 1.165) is 0 Å². The molecule has 6 heteroatoms. The number of aliphatic hydroxyl groups excluding tert-OH is 1. The zero-order valence-corrected chi connectivity index (χ0v) is 12.5. The van der Waals surface area contributed by atoms with Gasteiger partial charge in [-0.25, -0.2) is 4.39 Å². The van der Waals surface area contributed by atoms with Crippen LogP contribution in [0.15, 0.2) is 18.2 Å². The molecule has 5 nitrogen and oxygen atoms in total. The van der Waals surface area contributed by atoms with Crippen molar-refractivity contribution in [3.8, 4) is 5.75 Å². The number of likely N-dealkylation sites (N-methyl/N-ethyl adjacent to an activating group) is 1. The Morgan fingerprint density at radius 3 is 2.86 bits per heavy atom. The van der Waals surface area contributed by atoms with Crippen molar-refractivity contribution in [3.05, 3.63) is 29.6 Å². The van der Waals surface area contributed by atoms with Crippen LogP contribution in [-0.2, 0) is 0 Å². The molecule has 0 spiro atoms. The number of hydrogen-bond donors (Lipinski definition) is 1. The Bertz CT molecular complexity index is 522. The summed E-state index contributed by atoms with van der Waals surface area (Å²) in [5.41, 5.74) is -0.0714. The third-order valence-electron chi connectivity index (χ3n) is 3.64. The Hall–Kier alpha value is -1.66. The first-order chi connectivity index (χ1) is 9.93. The average molecular weight is 296 g/mol. The van der Waals surface area contributed by atoms with Crippen molar-refractivity contribution in [2.75, 3.05) is 34.3 Å². The SMILES string of the molecule is COc1cccc(F)c1C(=O)N1CC(O)CC1CN(C)C. The van der Waals surface area contributed by atoms with Crippen LogP contribution < -0.4 is 4.74 Å². The van der Waals surface area contributed by atoms with Crippen molar-refractivity contribution < 1.29 is 19.0 Å². The molecule has 116 valence electrons. The maximum absolute atomic E-state index is 14.0. The number of β-amino-alcohol motifs (C(OH)–C–C–N with tert-alkyl or cyclic N) is 1. The predicted molar refractivity (Wildman–Crippen MR) is 77.0 cm³/mol. The first-order valence-electron chi connectivity index (χ1n) is 6.90. The molecule has 0 radical (unpaired) electrons. The highest BCUT2D eigenvalue weighted by Gasteiger charge is 2.36. The Balaban J connectivity index is 2.30. The molecule has 1 amide bonds. The largest absolute Gasteiger partial charge is 0.496 e. The minimum atomic E-state index is -0.607. The number of methoxy groups -OCH3 is 1. The summed E-state index contributed by atoms with van der Waals surface area (Å²) in [7, 11) is 5.20. The van der Waals surface area contributed by atoms with E-state index >= 15 is 0 Å². The van der Waals surface area contributed by atoms with E-state index in [9.17, 15) is 14.3 Å². The molecule has 1 saturated heterocycles. The molecule has 21 heavy (non-hydrogen) atoms. The van der Waals surface area contributed by atoms with E-state index in [1.165, 1.54) is 24.1 Å². The Morgan fingerprint density at radius 2 is 2.24 bits per heavy atom. The Labute approximate surface area is 123 Å². The first kappa shape index (κ1) is 15.7. The van der Waals surface area contributed by atoms with Crippen LogP contribution in [0.25, 0.3) is 0 Å². The number of carbonyl (C=O) groups is 1. The highest BCUT2D eigenvalue weighted by molar-refractivity contribution is 5.97. The first-order valence-corrected chi connectivity index (χ1v) is 6.90. The summed E-state index contributed by atoms with van der Waals surface area (Å²) < 4.78 is 19.1. The van der Waals surface area contributed by atoms with Gasteiger partial charge >= 0.3 is 0 Å². The van der Waals surface area contributed by atoms with Gasteiger partial charge in [0.1, 0.15) is 17.1 Å². The van der Waals surface area contributed by atoms with Gasteiger partial charge in [-0.1, -0.05) is 6.07 Å². The fourth-order valence-electron chi connectivity index (χ4n) is 2.76. The lowest BCUT2D eigenvalue weighted by atomic mass is 10.1. The Morgan fingerprint density at radius 1 is 1.52 bits per heavy atom. The number of aliphatic hydroxyl groups is 1. The number of hydrogen-bond acceptors (Lipinski definition) is 4. The van der Waals surface area contributed by atoms with Crippen molar-refractivity contribution in [1.29, 1.82) is 0 Å². The van der Waals surface area contributed by atoms with Crippen LogP contribution in [0.1, 0.15) is 16.8 Å². The molecule has 1 aliphatic rings. The summed E-state index contributed by atoms with van der Waals surface area (Å²) in [6.07, 6.45) is -0.0718. The van der Waals surface area contributed by atoms with Crippen molar-refractivity contribution in [2.24, 2.45) is 0 Å². The Kier molecular flexibility index (Phi) is 4.80. The van der Waals surface area contributed by atoms with Gasteiger partial charge in [0.05, 0.1) is 13.2 Å². The molecule has 2 rings (SSSR count). The third-order valence-corrected chi connectivity index (χ3v) is 3.64. The van der Waals surface area contributed by atoms with E-state index in [4.69, 9.17) is 4.74 Å². The van der Waals surface area contributed by atoms with Gasteiger partial charge in [-0.3, -0.25) is 4.79 Å². The van der Waals surface area contributed by atoms with Gasteiger partial charge in [-0.05, 0) is 32.6 Å². The molecule has 1 aliphatic heterocycles. The van der Waals surface area contributed by atoms with Gasteiger partial charge in [-0.2, -0.15) is 0 Å². The fraction of sp³-hybridized carbons (Fsp3) is 0.533. The quantitative estimate of drug-likeness (QED) is 0.899. The summed E-state index contributed by atoms with van der Waals surface area (Å²) in [4.78, 5) is 16.1. The zero-order chi connectivity index (χ0) is 15.6. The molecule has 2 unspecified atom stereocenters. The topological polar surface area (TPSA) is 53.0 Å². The van der Waals surface area contributed by atoms with Gasteiger partial charge in [0.15, 0.2) is 0 Å². The van der Waals surface area contributed by atoms with Crippen LogP contribution in [0.4, 0.5) is 4.39 Å². The van der Waals surface area contributed by atoms with Gasteiger partial charge in [0.2, 0.25) is 0 Å². The van der Waals surface area contributed by atoms with Gasteiger partial charge in [0.25, 0.3) is 5.91 Å². The lowest BCUT2D eigenvalue weighted by Gasteiger charge is -2.27. The van der Waals surface area contributed by atoms with Crippen molar-refractivity contribution >= 4 is 5.91 Å². The number of rotatable bonds is 4. The lowest BCUT2D eigenvalue weighted by molar-refractivity contribution is 0.0690. The molecule has 0 aliphatic carbocycles. The second kappa shape index (κ2) is 6.41. The summed E-state index contributed by atoms with van der Waals surface area (Å²) in [5, 5.41) is 9.84. The van der Waals surface area contributed by atoms with Crippen LogP contribution in [-0.4, -0.2) is 67.3 Å². The maximum Gasteiger partial charge on any atom is 0.261 e. The molecule has 1 fully saturated rings. The minimum Gasteiger partial charge on any atom is -0.496 e. The van der Waals surface area contributed by atoms with E-state index in [1.807, 2.05) is 19.0 Å². The van der Waals surface area contributed by atoms with Crippen molar-refractivity contribution in [1.82, 2.24) is 9.80 Å². The van der Waals surface area contributed by atoms with E-state index in [0.29, 0.717) is 13.0 Å². The standard InChI is InChI=1S/C15H21FN2O3/c1-17(2)8-10-7-11(19)9-18(10)15(20)14-12(16)5-4-6-13(14)21-3/h4-6,10-11,19H,7-9H2,1-3H3. The van der Waals surface area contributed by atoms with Crippen LogP contribution in [0, 0.1) is 5.82 Å². The number of carbonyl (C=O) groups excluding carboxylic acids is 1. The molecular formula is C15H21FN2O3. The number of benzene rings is 1. The van der Waals surface area contributed by atoms with Crippen molar-refractivity contribution in [2.45, 2.75) is 18.6 Å². The van der Waals surface area contributed by atoms with Crippen LogP contribution in [0.3, 0.4) is 0 Å². The molecule has 0 bridgehead atoms. The lowest BCUT2D eigenvalue weighted by Crippen LogP contribution is -2.41. The predicted octanol–water partition coefficient (Wildman–Crippen LogP) is 0.971. The van der Waals surface area contributed by atoms with Crippen LogP contribution in [0.2, 0.25) is 0 Å². The summed E-state index contributed by atoms with van der Waals surface area (Å²) >= 11 is 0. The van der Waals surface area contributed by atoms with Crippen LogP contribution >= 0.6 is 0 Å². The highest BCUT2D eigenvalue weighted by atomic mass is 19.1. The summed E-state index contributed by atoms with van der Waals surface area (Å²) in [5.74, 6) is -0.831. The molecule has 1 aromatic carbocycles. The van der Waals surface area contributed by atoms with E-state index in [2.05, 4.69) is 0 Å². The maximum atomic E-state index is 14.0. The summed E-state index contributed by atoms with van der Waals surface area (Å²) in [6, 6.07) is 4.17. The molecule has 0 aromatic heterocycles. The number of halogens is 1. The minimum absolute atomic E-state index is 0.0714. The second-order valence-corrected chi connectivity index (χ2v) is 5.58. The zero-order valence-electron chi connectivity index (χ0n) is 12.5. The molecular weight excluding hydrogens is 275 g/mol. The van der Waals surface area contributed by atoms with Crippen LogP contribution in [0.5, 0.6) is 5.75 Å². The van der Waals surface area contributed by atoms with Gasteiger partial charge in [-0.15, -0.1) is 0 Å². The number of ether oxygens (including phenoxy) is 1. The van der Waals surface area contributed by atoms with Gasteiger partial charge < -0.3 is 19.6 Å². The molecule has 1 aromatic rings. The molecule has 1 heterocycles. The van der Waals surface area contributed by atoms with Crippen molar-refractivity contribution in [3.63, 3.8) is 0 Å². The molecule has 0 saturated carbocycles. The summed E-state index contributed by atoms with van der Waals surface area (Å²) in [6.45, 7) is 0.842. The smallest absolute Gasteiger partial charge is 0.261 e. The number of likely N-dealkylation sites (tertiary alicyclic amines) is 1. The second-order valence-electron chi connectivity index (χ2n) is 5.58. The number of amides is 1. The number of nitrogens with zero attached hydrogens (tertiary/aromatic N) is 2. The molecule has 2 atom stereocenters.